The van der Waals surface area contributed by atoms with Gasteiger partial charge in [0.1, 0.15) is 5.01 Å². The van der Waals surface area contributed by atoms with E-state index in [2.05, 4.69) is 34.3 Å². The molecule has 19 heavy (non-hydrogen) atoms. The number of rotatable bonds is 7. The highest BCUT2D eigenvalue weighted by molar-refractivity contribution is 7.15. The Kier molecular flexibility index (Phi) is 6.04. The number of hydrogen-bond acceptors (Lipinski definition) is 5. The zero-order chi connectivity index (χ0) is 13.5. The van der Waals surface area contributed by atoms with Crippen LogP contribution in [0.5, 0.6) is 0 Å². The third kappa shape index (κ3) is 4.73. The largest absolute Gasteiger partial charge is 0.360 e. The third-order valence-corrected chi connectivity index (χ3v) is 4.62. The second-order valence-corrected chi connectivity index (χ2v) is 6.50. The van der Waals surface area contributed by atoms with Crippen LogP contribution in [-0.2, 0) is 6.54 Å². The van der Waals surface area contributed by atoms with Crippen LogP contribution in [-0.4, -0.2) is 34.7 Å². The van der Waals surface area contributed by atoms with E-state index in [-0.39, 0.29) is 0 Å². The third-order valence-electron chi connectivity index (χ3n) is 3.76. The predicted octanol–water partition coefficient (Wildman–Crippen LogP) is 3.37. The molecule has 0 radical (unpaired) electrons. The monoisotopic (exact) mass is 282 g/mol. The molecule has 5 heteroatoms. The van der Waals surface area contributed by atoms with Crippen LogP contribution in [0.25, 0.3) is 0 Å². The fourth-order valence-corrected chi connectivity index (χ4v) is 3.46. The number of aromatic nitrogens is 2. The maximum atomic E-state index is 4.28. The summed E-state index contributed by atoms with van der Waals surface area (Å²) in [4.78, 5) is 2.52. The molecule has 0 aromatic carbocycles. The first kappa shape index (κ1) is 14.7. The lowest BCUT2D eigenvalue weighted by Gasteiger charge is -2.31. The van der Waals surface area contributed by atoms with Crippen molar-refractivity contribution in [1.29, 1.82) is 0 Å². The first-order chi connectivity index (χ1) is 9.31. The normalized spacial score (nSPS) is 17.8. The number of piperidine rings is 1. The van der Waals surface area contributed by atoms with Gasteiger partial charge in [-0.2, -0.15) is 0 Å². The maximum absolute atomic E-state index is 4.28. The number of nitrogens with zero attached hydrogens (tertiary/aromatic N) is 3. The van der Waals surface area contributed by atoms with Gasteiger partial charge < -0.3 is 5.32 Å². The summed E-state index contributed by atoms with van der Waals surface area (Å²) in [7, 11) is 0. The first-order valence-corrected chi connectivity index (χ1v) is 8.42. The highest BCUT2D eigenvalue weighted by Gasteiger charge is 2.19. The van der Waals surface area contributed by atoms with E-state index in [4.69, 9.17) is 0 Å². The molecule has 1 aliphatic rings. The van der Waals surface area contributed by atoms with Crippen molar-refractivity contribution in [3.05, 3.63) is 5.01 Å². The molecule has 1 fully saturated rings. The van der Waals surface area contributed by atoms with Crippen LogP contribution in [0.15, 0.2) is 0 Å². The van der Waals surface area contributed by atoms with Gasteiger partial charge >= 0.3 is 0 Å². The minimum Gasteiger partial charge on any atom is -0.360 e. The molecule has 0 spiro atoms. The van der Waals surface area contributed by atoms with E-state index in [0.717, 1.165) is 35.6 Å². The van der Waals surface area contributed by atoms with Crippen molar-refractivity contribution < 1.29 is 0 Å². The van der Waals surface area contributed by atoms with Crippen molar-refractivity contribution in [2.75, 3.05) is 25.0 Å². The Balaban J connectivity index is 1.74. The van der Waals surface area contributed by atoms with Crippen molar-refractivity contribution in [2.24, 2.45) is 5.92 Å². The van der Waals surface area contributed by atoms with Gasteiger partial charge in [-0.1, -0.05) is 38.0 Å². The Morgan fingerprint density at radius 2 is 2.00 bits per heavy atom. The number of likely N-dealkylation sites (tertiary alicyclic amines) is 1. The molecule has 0 atom stereocenters. The number of nitrogens with one attached hydrogen (secondary N) is 1. The summed E-state index contributed by atoms with van der Waals surface area (Å²) in [6.45, 7) is 8.86. The fourth-order valence-electron chi connectivity index (χ4n) is 2.65. The first-order valence-electron chi connectivity index (χ1n) is 7.60. The van der Waals surface area contributed by atoms with Gasteiger partial charge in [0, 0.05) is 6.54 Å². The zero-order valence-electron chi connectivity index (χ0n) is 12.2. The Hall–Kier alpha value is -0.680. The SMILES string of the molecule is CCCNc1nnc(CN2CCC(CCC)CC2)s1. The molecular formula is C14H26N4S. The lowest BCUT2D eigenvalue weighted by molar-refractivity contribution is 0.171. The summed E-state index contributed by atoms with van der Waals surface area (Å²) in [6.07, 6.45) is 6.56. The average molecular weight is 282 g/mol. The molecule has 4 nitrogen and oxygen atoms in total. The highest BCUT2D eigenvalue weighted by Crippen LogP contribution is 2.24. The molecule has 1 aliphatic heterocycles. The highest BCUT2D eigenvalue weighted by atomic mass is 32.1. The Bertz CT molecular complexity index is 358. The van der Waals surface area contributed by atoms with Gasteiger partial charge in [-0.3, -0.25) is 4.90 Å². The van der Waals surface area contributed by atoms with E-state index < -0.39 is 0 Å². The van der Waals surface area contributed by atoms with E-state index in [0.29, 0.717) is 0 Å². The summed E-state index contributed by atoms with van der Waals surface area (Å²) in [5.74, 6) is 0.956. The van der Waals surface area contributed by atoms with Crippen LogP contribution >= 0.6 is 11.3 Å². The van der Waals surface area contributed by atoms with E-state index >= 15 is 0 Å². The van der Waals surface area contributed by atoms with Gasteiger partial charge in [-0.25, -0.2) is 0 Å². The summed E-state index contributed by atoms with van der Waals surface area (Å²) in [5.41, 5.74) is 0. The Morgan fingerprint density at radius 1 is 1.21 bits per heavy atom. The molecule has 1 N–H and O–H groups in total. The number of hydrogen-bond donors (Lipinski definition) is 1. The summed E-state index contributed by atoms with van der Waals surface area (Å²) in [6, 6.07) is 0. The van der Waals surface area contributed by atoms with Gasteiger partial charge in [-0.15, -0.1) is 10.2 Å². The van der Waals surface area contributed by atoms with E-state index in [9.17, 15) is 0 Å². The summed E-state index contributed by atoms with van der Waals surface area (Å²) >= 11 is 1.70. The second-order valence-electron chi connectivity index (χ2n) is 5.44. The molecule has 0 aliphatic carbocycles. The van der Waals surface area contributed by atoms with Crippen LogP contribution < -0.4 is 5.32 Å². The maximum Gasteiger partial charge on any atom is 0.205 e. The van der Waals surface area contributed by atoms with Crippen molar-refractivity contribution >= 4 is 16.5 Å². The quantitative estimate of drug-likeness (QED) is 0.832. The van der Waals surface area contributed by atoms with Gasteiger partial charge in [0.2, 0.25) is 5.13 Å². The average Bonchev–Trinajstić information content (AvgIpc) is 2.87. The van der Waals surface area contributed by atoms with Gasteiger partial charge in [0.15, 0.2) is 0 Å². The molecule has 2 heterocycles. The van der Waals surface area contributed by atoms with Crippen molar-refractivity contribution in [2.45, 2.75) is 52.5 Å². The van der Waals surface area contributed by atoms with Gasteiger partial charge in [0.25, 0.3) is 0 Å². The van der Waals surface area contributed by atoms with Crippen molar-refractivity contribution in [1.82, 2.24) is 15.1 Å². The van der Waals surface area contributed by atoms with E-state index in [1.54, 1.807) is 11.3 Å². The molecule has 0 saturated carbocycles. The zero-order valence-corrected chi connectivity index (χ0v) is 13.0. The van der Waals surface area contributed by atoms with Gasteiger partial charge in [-0.05, 0) is 38.3 Å². The molecule has 1 saturated heterocycles. The molecular weight excluding hydrogens is 256 g/mol. The molecule has 0 bridgehead atoms. The standard InChI is InChI=1S/C14H26N4S/c1-3-5-12-6-9-18(10-7-12)11-13-16-17-14(19-13)15-8-4-2/h12H,3-11H2,1-2H3,(H,15,17). The van der Waals surface area contributed by atoms with Crippen LogP contribution in [0.1, 0.15) is 51.0 Å². The van der Waals surface area contributed by atoms with E-state index in [1.807, 2.05) is 0 Å². The predicted molar refractivity (Wildman–Crippen MR) is 81.6 cm³/mol. The van der Waals surface area contributed by atoms with Crippen LogP contribution in [0.4, 0.5) is 5.13 Å². The summed E-state index contributed by atoms with van der Waals surface area (Å²) in [5, 5.41) is 13.9. The van der Waals surface area contributed by atoms with Crippen LogP contribution in [0.2, 0.25) is 0 Å². The molecule has 0 unspecified atom stereocenters. The van der Waals surface area contributed by atoms with Crippen molar-refractivity contribution in [3.8, 4) is 0 Å². The van der Waals surface area contributed by atoms with E-state index in [1.165, 1.54) is 38.8 Å². The summed E-state index contributed by atoms with van der Waals surface area (Å²) < 4.78 is 0. The Morgan fingerprint density at radius 3 is 2.68 bits per heavy atom. The molecule has 108 valence electrons. The lowest BCUT2D eigenvalue weighted by atomic mass is 9.92. The smallest absolute Gasteiger partial charge is 0.205 e. The fraction of sp³-hybridized carbons (Fsp3) is 0.857. The van der Waals surface area contributed by atoms with Crippen molar-refractivity contribution in [3.63, 3.8) is 0 Å². The molecule has 1 aromatic rings. The number of anilines is 1. The van der Waals surface area contributed by atoms with Crippen LogP contribution in [0.3, 0.4) is 0 Å². The minimum atomic E-state index is 0.956. The molecule has 0 amide bonds. The Labute approximate surface area is 120 Å². The lowest BCUT2D eigenvalue weighted by Crippen LogP contribution is -2.33. The van der Waals surface area contributed by atoms with Crippen LogP contribution in [0, 0.1) is 5.92 Å². The molecule has 2 rings (SSSR count). The molecule has 1 aromatic heterocycles. The second kappa shape index (κ2) is 7.80. The van der Waals surface area contributed by atoms with Gasteiger partial charge in [0.05, 0.1) is 6.54 Å². The topological polar surface area (TPSA) is 41.1 Å². The minimum absolute atomic E-state index is 0.956.